The first-order valence-electron chi connectivity index (χ1n) is 7.87. The number of aromatic nitrogens is 3. The molecular formula is C16H20ClN5OS. The minimum atomic E-state index is 0. The van der Waals surface area contributed by atoms with Crippen molar-refractivity contribution in [1.29, 1.82) is 0 Å². The fourth-order valence-electron chi connectivity index (χ4n) is 2.84. The van der Waals surface area contributed by atoms with Crippen LogP contribution in [0.5, 0.6) is 0 Å². The van der Waals surface area contributed by atoms with Crippen molar-refractivity contribution in [3.8, 4) is 0 Å². The van der Waals surface area contributed by atoms with Crippen LogP contribution in [0.15, 0.2) is 28.8 Å². The summed E-state index contributed by atoms with van der Waals surface area (Å²) in [5.41, 5.74) is 1.06. The molecule has 0 radical (unpaired) electrons. The van der Waals surface area contributed by atoms with Crippen LogP contribution in [-0.4, -0.2) is 46.7 Å². The van der Waals surface area contributed by atoms with Gasteiger partial charge < -0.3 is 9.84 Å². The average molecular weight is 366 g/mol. The van der Waals surface area contributed by atoms with E-state index in [2.05, 4.69) is 38.5 Å². The molecule has 1 saturated heterocycles. The molecule has 1 aromatic carbocycles. The van der Waals surface area contributed by atoms with Crippen molar-refractivity contribution in [3.63, 3.8) is 0 Å². The molecule has 2 aromatic heterocycles. The largest absolute Gasteiger partial charge is 0.339 e. The number of nitrogens with zero attached hydrogens (tertiary/aromatic N) is 4. The second-order valence-electron chi connectivity index (χ2n) is 5.82. The SMILES string of the molecule is CN1CCNCC1c1noc(CCc2nc3ccccc3s2)n1.Cl. The van der Waals surface area contributed by atoms with Crippen LogP contribution in [0.2, 0.25) is 0 Å². The van der Waals surface area contributed by atoms with E-state index in [1.165, 1.54) is 4.70 Å². The molecule has 0 aliphatic carbocycles. The van der Waals surface area contributed by atoms with Crippen molar-refractivity contribution >= 4 is 34.0 Å². The molecule has 0 saturated carbocycles. The van der Waals surface area contributed by atoms with Gasteiger partial charge in [0.1, 0.15) is 0 Å². The predicted octanol–water partition coefficient (Wildman–Crippen LogP) is 2.46. The quantitative estimate of drug-likeness (QED) is 0.766. The van der Waals surface area contributed by atoms with Crippen LogP contribution in [-0.2, 0) is 12.8 Å². The van der Waals surface area contributed by atoms with E-state index in [9.17, 15) is 0 Å². The van der Waals surface area contributed by atoms with Crippen molar-refractivity contribution < 1.29 is 4.52 Å². The molecule has 1 aliphatic rings. The van der Waals surface area contributed by atoms with Gasteiger partial charge in [-0.05, 0) is 19.2 Å². The summed E-state index contributed by atoms with van der Waals surface area (Å²) in [6.07, 6.45) is 1.57. The summed E-state index contributed by atoms with van der Waals surface area (Å²) >= 11 is 1.73. The maximum atomic E-state index is 5.42. The van der Waals surface area contributed by atoms with Crippen molar-refractivity contribution in [3.05, 3.63) is 41.0 Å². The minimum absolute atomic E-state index is 0. The number of likely N-dealkylation sites (N-methyl/N-ethyl adjacent to an activating group) is 1. The molecule has 3 heterocycles. The normalized spacial score (nSPS) is 18.6. The van der Waals surface area contributed by atoms with E-state index in [-0.39, 0.29) is 18.4 Å². The van der Waals surface area contributed by atoms with Crippen molar-refractivity contribution in [2.45, 2.75) is 18.9 Å². The summed E-state index contributed by atoms with van der Waals surface area (Å²) < 4.78 is 6.65. The maximum Gasteiger partial charge on any atom is 0.227 e. The van der Waals surface area contributed by atoms with Gasteiger partial charge in [0.25, 0.3) is 0 Å². The fraction of sp³-hybridized carbons (Fsp3) is 0.438. The summed E-state index contributed by atoms with van der Waals surface area (Å²) in [5, 5.41) is 8.65. The summed E-state index contributed by atoms with van der Waals surface area (Å²) in [7, 11) is 2.10. The lowest BCUT2D eigenvalue weighted by atomic mass is 10.2. The Morgan fingerprint density at radius 1 is 1.29 bits per heavy atom. The summed E-state index contributed by atoms with van der Waals surface area (Å²) in [5.74, 6) is 1.47. The Hall–Kier alpha value is -1.54. The second kappa shape index (κ2) is 7.57. The molecule has 128 valence electrons. The lowest BCUT2D eigenvalue weighted by molar-refractivity contribution is 0.190. The van der Waals surface area contributed by atoms with E-state index < -0.39 is 0 Å². The standard InChI is InChI=1S/C16H19N5OS.ClH/c1-21-9-8-17-10-12(21)16-19-14(22-20-16)6-7-15-18-11-4-2-3-5-13(11)23-15;/h2-5,12,17H,6-10H2,1H3;1H. The number of piperazine rings is 1. The molecule has 1 aliphatic heterocycles. The number of halogens is 1. The molecule has 3 aromatic rings. The van der Waals surface area contributed by atoms with Gasteiger partial charge in [-0.25, -0.2) is 4.98 Å². The van der Waals surface area contributed by atoms with E-state index in [0.717, 1.165) is 48.8 Å². The number of aryl methyl sites for hydroxylation is 2. The number of fused-ring (bicyclic) bond motifs is 1. The zero-order valence-corrected chi connectivity index (χ0v) is 15.1. The average Bonchev–Trinajstić information content (AvgIpc) is 3.19. The van der Waals surface area contributed by atoms with Crippen molar-refractivity contribution in [1.82, 2.24) is 25.3 Å². The van der Waals surface area contributed by atoms with Gasteiger partial charge in [0.05, 0.1) is 21.3 Å². The Morgan fingerprint density at radius 2 is 2.17 bits per heavy atom. The molecule has 1 fully saturated rings. The van der Waals surface area contributed by atoms with Crippen LogP contribution < -0.4 is 5.32 Å². The van der Waals surface area contributed by atoms with E-state index in [1.54, 1.807) is 11.3 Å². The number of para-hydroxylation sites is 1. The Kier molecular flexibility index (Phi) is 5.45. The molecule has 6 nitrogen and oxygen atoms in total. The van der Waals surface area contributed by atoms with Crippen LogP contribution in [0, 0.1) is 0 Å². The number of nitrogens with one attached hydrogen (secondary N) is 1. The van der Waals surface area contributed by atoms with E-state index >= 15 is 0 Å². The summed E-state index contributed by atoms with van der Waals surface area (Å²) in [6.45, 7) is 2.88. The third-order valence-corrected chi connectivity index (χ3v) is 5.28. The molecule has 24 heavy (non-hydrogen) atoms. The first-order chi connectivity index (χ1) is 11.3. The van der Waals surface area contributed by atoms with E-state index in [1.807, 2.05) is 18.2 Å². The highest BCUT2D eigenvalue weighted by Gasteiger charge is 2.25. The highest BCUT2D eigenvalue weighted by Crippen LogP contribution is 2.23. The van der Waals surface area contributed by atoms with Crippen LogP contribution >= 0.6 is 23.7 Å². The summed E-state index contributed by atoms with van der Waals surface area (Å²) in [4.78, 5) is 11.5. The highest BCUT2D eigenvalue weighted by atomic mass is 35.5. The third kappa shape index (κ3) is 3.59. The van der Waals surface area contributed by atoms with E-state index in [0.29, 0.717) is 5.89 Å². The first kappa shape index (κ1) is 17.3. The Bertz CT molecular complexity index is 771. The number of rotatable bonds is 4. The lowest BCUT2D eigenvalue weighted by Crippen LogP contribution is -2.44. The zero-order chi connectivity index (χ0) is 15.6. The Labute approximate surface area is 150 Å². The summed E-state index contributed by atoms with van der Waals surface area (Å²) in [6, 6.07) is 8.41. The molecule has 8 heteroatoms. The third-order valence-electron chi connectivity index (χ3n) is 4.18. The molecular weight excluding hydrogens is 346 g/mol. The van der Waals surface area contributed by atoms with Crippen LogP contribution in [0.25, 0.3) is 10.2 Å². The smallest absolute Gasteiger partial charge is 0.227 e. The van der Waals surface area contributed by atoms with Crippen molar-refractivity contribution in [2.75, 3.05) is 26.7 Å². The van der Waals surface area contributed by atoms with Gasteiger partial charge in [-0.1, -0.05) is 17.3 Å². The molecule has 1 unspecified atom stereocenters. The van der Waals surface area contributed by atoms with Gasteiger partial charge in [-0.2, -0.15) is 4.98 Å². The van der Waals surface area contributed by atoms with Gasteiger partial charge in [-0.15, -0.1) is 23.7 Å². The lowest BCUT2D eigenvalue weighted by Gasteiger charge is -2.30. The Balaban J connectivity index is 0.00000169. The van der Waals surface area contributed by atoms with Gasteiger partial charge in [0, 0.05) is 32.5 Å². The van der Waals surface area contributed by atoms with Gasteiger partial charge >= 0.3 is 0 Å². The number of benzene rings is 1. The Morgan fingerprint density at radius 3 is 3.00 bits per heavy atom. The molecule has 1 N–H and O–H groups in total. The van der Waals surface area contributed by atoms with Crippen LogP contribution in [0.1, 0.15) is 22.8 Å². The van der Waals surface area contributed by atoms with E-state index in [4.69, 9.17) is 4.52 Å². The van der Waals surface area contributed by atoms with Crippen LogP contribution in [0.3, 0.4) is 0 Å². The van der Waals surface area contributed by atoms with Crippen molar-refractivity contribution in [2.24, 2.45) is 0 Å². The first-order valence-corrected chi connectivity index (χ1v) is 8.69. The van der Waals surface area contributed by atoms with Gasteiger partial charge in [0.15, 0.2) is 5.82 Å². The molecule has 0 bridgehead atoms. The highest BCUT2D eigenvalue weighted by molar-refractivity contribution is 7.18. The maximum absolute atomic E-state index is 5.42. The molecule has 0 amide bonds. The number of hydrogen-bond acceptors (Lipinski definition) is 7. The fourth-order valence-corrected chi connectivity index (χ4v) is 3.81. The molecule has 0 spiro atoms. The molecule has 1 atom stereocenters. The number of thiazole rings is 1. The monoisotopic (exact) mass is 365 g/mol. The topological polar surface area (TPSA) is 67.1 Å². The molecule has 4 rings (SSSR count). The predicted molar refractivity (Wildman–Crippen MR) is 96.8 cm³/mol. The van der Waals surface area contributed by atoms with Gasteiger partial charge in [0.2, 0.25) is 5.89 Å². The minimum Gasteiger partial charge on any atom is -0.339 e. The number of hydrogen-bond donors (Lipinski definition) is 1. The second-order valence-corrected chi connectivity index (χ2v) is 6.94. The van der Waals surface area contributed by atoms with Gasteiger partial charge in [-0.3, -0.25) is 4.90 Å². The van der Waals surface area contributed by atoms with Crippen LogP contribution in [0.4, 0.5) is 0 Å². The zero-order valence-electron chi connectivity index (χ0n) is 13.4.